The molecular formula is C20H23NO4. The predicted octanol–water partition coefficient (Wildman–Crippen LogP) is 3.66. The van der Waals surface area contributed by atoms with Gasteiger partial charge in [-0.2, -0.15) is 0 Å². The normalized spacial score (nSPS) is 10.4. The van der Waals surface area contributed by atoms with Crippen LogP contribution in [0.4, 0.5) is 11.4 Å². The van der Waals surface area contributed by atoms with E-state index in [9.17, 15) is 9.59 Å². The first kappa shape index (κ1) is 18.5. The number of nitrogens with zero attached hydrogens (tertiary/aromatic N) is 1. The van der Waals surface area contributed by atoms with E-state index in [1.807, 2.05) is 54.4 Å². The minimum atomic E-state index is -1.11. The average molecular weight is 341 g/mol. The molecule has 0 fully saturated rings. The third-order valence-corrected chi connectivity index (χ3v) is 3.80. The quantitative estimate of drug-likeness (QED) is 0.568. The maximum atomic E-state index is 12.4. The van der Waals surface area contributed by atoms with Crippen LogP contribution in [-0.2, 0) is 19.1 Å². The van der Waals surface area contributed by atoms with Gasteiger partial charge in [0, 0.05) is 24.0 Å². The summed E-state index contributed by atoms with van der Waals surface area (Å²) in [6.45, 7) is 3.82. The fourth-order valence-electron chi connectivity index (χ4n) is 2.63. The van der Waals surface area contributed by atoms with Gasteiger partial charge in [-0.1, -0.05) is 36.4 Å². The molecule has 0 saturated heterocycles. The Labute approximate surface area is 148 Å². The lowest BCUT2D eigenvalue weighted by Crippen LogP contribution is -2.28. The van der Waals surface area contributed by atoms with Gasteiger partial charge >= 0.3 is 11.9 Å². The fourth-order valence-corrected chi connectivity index (χ4v) is 2.63. The predicted molar refractivity (Wildman–Crippen MR) is 97.0 cm³/mol. The number of esters is 2. The topological polar surface area (TPSA) is 55.8 Å². The summed E-state index contributed by atoms with van der Waals surface area (Å²) in [6, 6.07) is 17.0. The standard InChI is InChI=1S/C20H23NO4/c1-4-24-19(22)18(20(23)25-5-2)16-13-9-10-14-17(16)21(3)15-11-7-6-8-12-15/h6-14,18H,4-5H2,1-3H3. The number of anilines is 2. The second kappa shape index (κ2) is 8.87. The Morgan fingerprint density at radius 3 is 1.96 bits per heavy atom. The van der Waals surface area contributed by atoms with E-state index >= 15 is 0 Å². The summed E-state index contributed by atoms with van der Waals surface area (Å²) in [4.78, 5) is 26.8. The maximum absolute atomic E-state index is 12.4. The summed E-state index contributed by atoms with van der Waals surface area (Å²) in [5, 5.41) is 0. The highest BCUT2D eigenvalue weighted by Crippen LogP contribution is 2.33. The van der Waals surface area contributed by atoms with Crippen LogP contribution >= 0.6 is 0 Å². The van der Waals surface area contributed by atoms with E-state index in [0.717, 1.165) is 11.4 Å². The molecule has 2 aromatic carbocycles. The molecule has 0 aliphatic heterocycles. The molecule has 5 heteroatoms. The molecular weight excluding hydrogens is 318 g/mol. The van der Waals surface area contributed by atoms with Gasteiger partial charge in [-0.3, -0.25) is 9.59 Å². The van der Waals surface area contributed by atoms with Crippen molar-refractivity contribution >= 4 is 23.3 Å². The van der Waals surface area contributed by atoms with Crippen LogP contribution in [0.25, 0.3) is 0 Å². The highest BCUT2D eigenvalue weighted by Gasteiger charge is 2.34. The molecule has 0 aliphatic rings. The molecule has 0 radical (unpaired) electrons. The first-order valence-electron chi connectivity index (χ1n) is 8.31. The van der Waals surface area contributed by atoms with Crippen LogP contribution in [0.3, 0.4) is 0 Å². The van der Waals surface area contributed by atoms with Gasteiger partial charge in [0.1, 0.15) is 0 Å². The van der Waals surface area contributed by atoms with Crippen molar-refractivity contribution in [3.63, 3.8) is 0 Å². The second-order valence-electron chi connectivity index (χ2n) is 5.39. The molecule has 0 spiro atoms. The van der Waals surface area contributed by atoms with E-state index in [0.29, 0.717) is 5.56 Å². The molecule has 132 valence electrons. The van der Waals surface area contributed by atoms with Crippen molar-refractivity contribution < 1.29 is 19.1 Å². The maximum Gasteiger partial charge on any atom is 0.324 e. The van der Waals surface area contributed by atoms with Crippen molar-refractivity contribution in [1.29, 1.82) is 0 Å². The van der Waals surface area contributed by atoms with Crippen LogP contribution in [0, 0.1) is 0 Å². The van der Waals surface area contributed by atoms with E-state index in [2.05, 4.69) is 0 Å². The van der Waals surface area contributed by atoms with Crippen molar-refractivity contribution in [1.82, 2.24) is 0 Å². The molecule has 0 aliphatic carbocycles. The van der Waals surface area contributed by atoms with Crippen LogP contribution < -0.4 is 4.90 Å². The Balaban J connectivity index is 2.48. The third-order valence-electron chi connectivity index (χ3n) is 3.80. The number of para-hydroxylation sites is 2. The van der Waals surface area contributed by atoms with Gasteiger partial charge in [-0.15, -0.1) is 0 Å². The average Bonchev–Trinajstić information content (AvgIpc) is 2.63. The minimum Gasteiger partial charge on any atom is -0.465 e. The van der Waals surface area contributed by atoms with E-state index in [4.69, 9.17) is 9.47 Å². The number of hydrogen-bond acceptors (Lipinski definition) is 5. The molecule has 25 heavy (non-hydrogen) atoms. The molecule has 2 aromatic rings. The highest BCUT2D eigenvalue weighted by molar-refractivity contribution is 6.02. The first-order valence-corrected chi connectivity index (χ1v) is 8.31. The summed E-state index contributed by atoms with van der Waals surface area (Å²) in [6.07, 6.45) is 0. The van der Waals surface area contributed by atoms with Gasteiger partial charge < -0.3 is 14.4 Å². The van der Waals surface area contributed by atoms with Gasteiger partial charge in [0.05, 0.1) is 13.2 Å². The minimum absolute atomic E-state index is 0.200. The number of hydrogen-bond donors (Lipinski definition) is 0. The zero-order valence-electron chi connectivity index (χ0n) is 14.8. The fraction of sp³-hybridized carbons (Fsp3) is 0.300. The van der Waals surface area contributed by atoms with Crippen molar-refractivity contribution in [3.8, 4) is 0 Å². The van der Waals surface area contributed by atoms with E-state index in [1.54, 1.807) is 26.0 Å². The summed E-state index contributed by atoms with van der Waals surface area (Å²) < 4.78 is 10.2. The van der Waals surface area contributed by atoms with E-state index < -0.39 is 17.9 Å². The molecule has 0 saturated carbocycles. The molecule has 0 atom stereocenters. The van der Waals surface area contributed by atoms with Crippen molar-refractivity contribution in [2.45, 2.75) is 19.8 Å². The zero-order valence-corrected chi connectivity index (χ0v) is 14.8. The number of benzene rings is 2. The lowest BCUT2D eigenvalue weighted by Gasteiger charge is -2.25. The summed E-state index contributed by atoms with van der Waals surface area (Å²) in [5.74, 6) is -2.31. The van der Waals surface area contributed by atoms with Crippen molar-refractivity contribution in [2.75, 3.05) is 25.2 Å². The Kier molecular flexibility index (Phi) is 6.57. The molecule has 0 aromatic heterocycles. The molecule has 0 amide bonds. The molecule has 2 rings (SSSR count). The monoisotopic (exact) mass is 341 g/mol. The molecule has 0 unspecified atom stereocenters. The second-order valence-corrected chi connectivity index (χ2v) is 5.39. The Hall–Kier alpha value is -2.82. The van der Waals surface area contributed by atoms with Gasteiger partial charge in [-0.25, -0.2) is 0 Å². The Morgan fingerprint density at radius 2 is 1.40 bits per heavy atom. The van der Waals surface area contributed by atoms with Crippen LogP contribution in [0.5, 0.6) is 0 Å². The number of carbonyl (C=O) groups excluding carboxylic acids is 2. The lowest BCUT2D eigenvalue weighted by atomic mass is 9.96. The molecule has 0 bridgehead atoms. The largest absolute Gasteiger partial charge is 0.465 e. The number of rotatable bonds is 7. The summed E-state index contributed by atoms with van der Waals surface area (Å²) >= 11 is 0. The van der Waals surface area contributed by atoms with E-state index in [-0.39, 0.29) is 13.2 Å². The number of ether oxygens (including phenoxy) is 2. The number of carbonyl (C=O) groups is 2. The smallest absolute Gasteiger partial charge is 0.324 e. The summed E-state index contributed by atoms with van der Waals surface area (Å²) in [5.41, 5.74) is 2.26. The van der Waals surface area contributed by atoms with Crippen LogP contribution in [-0.4, -0.2) is 32.2 Å². The zero-order chi connectivity index (χ0) is 18.2. The third kappa shape index (κ3) is 4.38. The van der Waals surface area contributed by atoms with E-state index in [1.165, 1.54) is 0 Å². The first-order chi connectivity index (χ1) is 12.1. The molecule has 5 nitrogen and oxygen atoms in total. The van der Waals surface area contributed by atoms with Gasteiger partial charge in [0.2, 0.25) is 0 Å². The lowest BCUT2D eigenvalue weighted by molar-refractivity contribution is -0.156. The Bertz CT molecular complexity index is 697. The SMILES string of the molecule is CCOC(=O)C(C(=O)OCC)c1ccccc1N(C)c1ccccc1. The van der Waals surface area contributed by atoms with Crippen LogP contribution in [0.15, 0.2) is 54.6 Å². The highest BCUT2D eigenvalue weighted by atomic mass is 16.6. The molecule has 0 N–H and O–H groups in total. The van der Waals surface area contributed by atoms with Crippen LogP contribution in [0.1, 0.15) is 25.3 Å². The van der Waals surface area contributed by atoms with Crippen molar-refractivity contribution in [2.24, 2.45) is 0 Å². The van der Waals surface area contributed by atoms with Gasteiger partial charge in [-0.05, 0) is 32.0 Å². The van der Waals surface area contributed by atoms with Gasteiger partial charge in [0.25, 0.3) is 0 Å². The van der Waals surface area contributed by atoms with Gasteiger partial charge in [0.15, 0.2) is 5.92 Å². The Morgan fingerprint density at radius 1 is 0.880 bits per heavy atom. The van der Waals surface area contributed by atoms with Crippen molar-refractivity contribution in [3.05, 3.63) is 60.2 Å². The van der Waals surface area contributed by atoms with Crippen LogP contribution in [0.2, 0.25) is 0 Å². The molecule has 0 heterocycles. The summed E-state index contributed by atoms with van der Waals surface area (Å²) in [7, 11) is 1.89.